The molecule has 33 heavy (non-hydrogen) atoms. The molecule has 0 radical (unpaired) electrons. The Morgan fingerprint density at radius 1 is 1.21 bits per heavy atom. The quantitative estimate of drug-likeness (QED) is 0.736. The first-order valence-electron chi connectivity index (χ1n) is 11.7. The highest BCUT2D eigenvalue weighted by Gasteiger charge is 2.45. The third-order valence-corrected chi connectivity index (χ3v) is 6.92. The highest BCUT2D eigenvalue weighted by Crippen LogP contribution is 2.38. The molecule has 3 amide bonds. The number of rotatable bonds is 6. The Morgan fingerprint density at radius 3 is 2.73 bits per heavy atom. The molecule has 2 aromatic rings. The molecule has 2 aliphatic rings. The molecule has 2 aliphatic heterocycles. The number of carbonyl (C=O) groups is 3. The van der Waals surface area contributed by atoms with Crippen LogP contribution >= 0.6 is 0 Å². The van der Waals surface area contributed by atoms with E-state index in [0.29, 0.717) is 39.0 Å². The van der Waals surface area contributed by atoms with Gasteiger partial charge in [-0.05, 0) is 43.4 Å². The number of carbonyl (C=O) groups excluding carboxylic acids is 3. The molecule has 0 aliphatic carbocycles. The first kappa shape index (κ1) is 23.0. The van der Waals surface area contributed by atoms with Gasteiger partial charge in [-0.25, -0.2) is 0 Å². The SMILES string of the molecule is CCNC(=O)[C@]1(Cc2ccccc2-c2cccnc2)CCCN(C(=O)[C@@H]2CC(=O)N(C)C2)C1. The number of hydrogen-bond donors (Lipinski definition) is 1. The van der Waals surface area contributed by atoms with Gasteiger partial charge in [-0.3, -0.25) is 19.4 Å². The second-order valence-corrected chi connectivity index (χ2v) is 9.25. The van der Waals surface area contributed by atoms with E-state index in [-0.39, 0.29) is 30.1 Å². The fourth-order valence-electron chi connectivity index (χ4n) is 5.21. The molecule has 0 spiro atoms. The van der Waals surface area contributed by atoms with Crippen LogP contribution in [0, 0.1) is 11.3 Å². The van der Waals surface area contributed by atoms with E-state index in [0.717, 1.165) is 23.1 Å². The molecule has 174 valence electrons. The molecule has 3 heterocycles. The van der Waals surface area contributed by atoms with E-state index in [1.165, 1.54) is 0 Å². The summed E-state index contributed by atoms with van der Waals surface area (Å²) < 4.78 is 0. The number of nitrogens with zero attached hydrogens (tertiary/aromatic N) is 3. The van der Waals surface area contributed by atoms with Gasteiger partial charge in [0.15, 0.2) is 0 Å². The average Bonchev–Trinajstić information content (AvgIpc) is 3.18. The van der Waals surface area contributed by atoms with Crippen LogP contribution < -0.4 is 5.32 Å². The van der Waals surface area contributed by atoms with Gasteiger partial charge >= 0.3 is 0 Å². The molecule has 7 heteroatoms. The number of nitrogens with one attached hydrogen (secondary N) is 1. The lowest BCUT2D eigenvalue weighted by atomic mass is 9.73. The van der Waals surface area contributed by atoms with Crippen molar-refractivity contribution in [1.82, 2.24) is 20.1 Å². The first-order valence-corrected chi connectivity index (χ1v) is 11.7. The van der Waals surface area contributed by atoms with Gasteiger partial charge in [0.25, 0.3) is 0 Å². The molecule has 4 rings (SSSR count). The van der Waals surface area contributed by atoms with Crippen LogP contribution in [0.15, 0.2) is 48.8 Å². The molecule has 1 aromatic carbocycles. The summed E-state index contributed by atoms with van der Waals surface area (Å²) in [4.78, 5) is 46.4. The summed E-state index contributed by atoms with van der Waals surface area (Å²) in [6.07, 6.45) is 5.85. The van der Waals surface area contributed by atoms with Crippen molar-refractivity contribution in [3.05, 3.63) is 54.4 Å². The molecule has 7 nitrogen and oxygen atoms in total. The fourth-order valence-corrected chi connectivity index (χ4v) is 5.21. The Bertz CT molecular complexity index is 1030. The zero-order valence-electron chi connectivity index (χ0n) is 19.4. The van der Waals surface area contributed by atoms with Crippen LogP contribution in [-0.2, 0) is 20.8 Å². The van der Waals surface area contributed by atoms with Crippen LogP contribution in [0.5, 0.6) is 0 Å². The third-order valence-electron chi connectivity index (χ3n) is 6.92. The minimum Gasteiger partial charge on any atom is -0.356 e. The minimum absolute atomic E-state index is 0.00532. The largest absolute Gasteiger partial charge is 0.356 e. The van der Waals surface area contributed by atoms with Crippen molar-refractivity contribution < 1.29 is 14.4 Å². The minimum atomic E-state index is -0.712. The highest BCUT2D eigenvalue weighted by atomic mass is 16.2. The number of benzene rings is 1. The molecule has 1 aromatic heterocycles. The molecular formula is C26H32N4O3. The summed E-state index contributed by atoms with van der Waals surface area (Å²) in [5.41, 5.74) is 2.43. The Kier molecular flexibility index (Phi) is 6.77. The second-order valence-electron chi connectivity index (χ2n) is 9.25. The zero-order valence-corrected chi connectivity index (χ0v) is 19.4. The van der Waals surface area contributed by atoms with Gasteiger partial charge in [0.05, 0.1) is 11.3 Å². The third kappa shape index (κ3) is 4.77. The predicted molar refractivity (Wildman–Crippen MR) is 126 cm³/mol. The lowest BCUT2D eigenvalue weighted by Gasteiger charge is -2.42. The van der Waals surface area contributed by atoms with Crippen molar-refractivity contribution in [3.63, 3.8) is 0 Å². The van der Waals surface area contributed by atoms with Crippen LogP contribution in [0.2, 0.25) is 0 Å². The smallest absolute Gasteiger partial charge is 0.228 e. The van der Waals surface area contributed by atoms with Gasteiger partial charge in [0.1, 0.15) is 0 Å². The van der Waals surface area contributed by atoms with Crippen molar-refractivity contribution in [2.45, 2.75) is 32.6 Å². The van der Waals surface area contributed by atoms with E-state index >= 15 is 0 Å². The molecule has 0 unspecified atom stereocenters. The second kappa shape index (κ2) is 9.73. The van der Waals surface area contributed by atoms with E-state index in [9.17, 15) is 14.4 Å². The van der Waals surface area contributed by atoms with Gasteiger partial charge < -0.3 is 15.1 Å². The van der Waals surface area contributed by atoms with Crippen LogP contribution in [0.4, 0.5) is 0 Å². The maximum absolute atomic E-state index is 13.4. The van der Waals surface area contributed by atoms with Crippen LogP contribution in [0.25, 0.3) is 11.1 Å². The number of amides is 3. The van der Waals surface area contributed by atoms with Crippen LogP contribution in [0.3, 0.4) is 0 Å². The number of likely N-dealkylation sites (tertiary alicyclic amines) is 2. The van der Waals surface area contributed by atoms with Gasteiger partial charge in [-0.1, -0.05) is 30.3 Å². The Labute approximate surface area is 195 Å². The number of aromatic nitrogens is 1. The van der Waals surface area contributed by atoms with Crippen molar-refractivity contribution in [2.75, 3.05) is 33.2 Å². The standard InChI is InChI=1S/C26H32N4O3/c1-3-28-25(33)26(15-19-8-4-5-10-22(19)20-9-6-12-27-16-20)11-7-13-30(18-26)24(32)21-14-23(31)29(2)17-21/h4-6,8-10,12,16,21H,3,7,11,13-15,17-18H2,1-2H3,(H,28,33)/t21-,26+/m1/s1. The number of piperidine rings is 1. The molecule has 2 fully saturated rings. The van der Waals surface area contributed by atoms with Crippen molar-refractivity contribution in [1.29, 1.82) is 0 Å². The van der Waals surface area contributed by atoms with E-state index in [4.69, 9.17) is 0 Å². The average molecular weight is 449 g/mol. The Morgan fingerprint density at radius 2 is 2.03 bits per heavy atom. The lowest BCUT2D eigenvalue weighted by Crippen LogP contribution is -2.55. The maximum atomic E-state index is 13.4. The molecular weight excluding hydrogens is 416 g/mol. The fraction of sp³-hybridized carbons (Fsp3) is 0.462. The molecule has 0 saturated carbocycles. The molecule has 2 atom stereocenters. The molecule has 2 saturated heterocycles. The van der Waals surface area contributed by atoms with Crippen LogP contribution in [0.1, 0.15) is 31.7 Å². The van der Waals surface area contributed by atoms with E-state index < -0.39 is 5.41 Å². The highest BCUT2D eigenvalue weighted by molar-refractivity contribution is 5.90. The van der Waals surface area contributed by atoms with Gasteiger partial charge in [0, 0.05) is 57.6 Å². The zero-order chi connectivity index (χ0) is 23.4. The molecule has 0 bridgehead atoms. The number of hydrogen-bond acceptors (Lipinski definition) is 4. The summed E-state index contributed by atoms with van der Waals surface area (Å²) >= 11 is 0. The number of pyridine rings is 1. The first-order chi connectivity index (χ1) is 15.9. The summed E-state index contributed by atoms with van der Waals surface area (Å²) in [6.45, 7) is 3.90. The van der Waals surface area contributed by atoms with Gasteiger partial charge in [-0.15, -0.1) is 0 Å². The van der Waals surface area contributed by atoms with E-state index in [2.05, 4.69) is 22.4 Å². The van der Waals surface area contributed by atoms with E-state index in [1.54, 1.807) is 18.1 Å². The summed E-state index contributed by atoms with van der Waals surface area (Å²) in [6, 6.07) is 12.0. The van der Waals surface area contributed by atoms with Crippen molar-refractivity contribution >= 4 is 17.7 Å². The van der Waals surface area contributed by atoms with Crippen molar-refractivity contribution in [3.8, 4) is 11.1 Å². The predicted octanol–water partition coefficient (Wildman–Crippen LogP) is 2.51. The van der Waals surface area contributed by atoms with Crippen LogP contribution in [-0.4, -0.2) is 65.7 Å². The van der Waals surface area contributed by atoms with Gasteiger partial charge in [-0.2, -0.15) is 0 Å². The molecule has 1 N–H and O–H groups in total. The van der Waals surface area contributed by atoms with Crippen molar-refractivity contribution in [2.24, 2.45) is 11.3 Å². The Hall–Kier alpha value is -3.22. The normalized spacial score (nSPS) is 23.0. The van der Waals surface area contributed by atoms with E-state index in [1.807, 2.05) is 42.3 Å². The summed E-state index contributed by atoms with van der Waals surface area (Å²) in [5.74, 6) is -0.342. The summed E-state index contributed by atoms with van der Waals surface area (Å²) in [5, 5.41) is 3.03. The lowest BCUT2D eigenvalue weighted by molar-refractivity contribution is -0.144. The topological polar surface area (TPSA) is 82.6 Å². The maximum Gasteiger partial charge on any atom is 0.228 e. The van der Waals surface area contributed by atoms with Gasteiger partial charge in [0.2, 0.25) is 17.7 Å². The Balaban J connectivity index is 1.63. The summed E-state index contributed by atoms with van der Waals surface area (Å²) in [7, 11) is 1.74. The monoisotopic (exact) mass is 448 g/mol.